The first kappa shape index (κ1) is 18.1. The van der Waals surface area contributed by atoms with Crippen LogP contribution < -0.4 is 10.6 Å². The highest BCUT2D eigenvalue weighted by atomic mass is 16.2. The number of hydrogen-bond acceptors (Lipinski definition) is 3. The molecule has 1 aliphatic carbocycles. The van der Waals surface area contributed by atoms with Crippen LogP contribution in [-0.2, 0) is 22.7 Å². The molecule has 2 amide bonds. The lowest BCUT2D eigenvalue weighted by Gasteiger charge is -2.27. The fraction of sp³-hybridized carbons (Fsp3) is 0.381. The summed E-state index contributed by atoms with van der Waals surface area (Å²) in [6.07, 6.45) is 4.78. The molecule has 1 fully saturated rings. The Balaban J connectivity index is 1.39. The number of carbonyl (C=O) groups excluding carboxylic acids is 2. The molecule has 0 radical (unpaired) electrons. The maximum absolute atomic E-state index is 12.3. The van der Waals surface area contributed by atoms with Crippen molar-refractivity contribution in [3.63, 3.8) is 0 Å². The first-order chi connectivity index (χ1) is 12.7. The molecule has 0 aliphatic heterocycles. The van der Waals surface area contributed by atoms with Gasteiger partial charge in [-0.3, -0.25) is 14.6 Å². The Kier molecular flexibility index (Phi) is 6.36. The van der Waals surface area contributed by atoms with Gasteiger partial charge in [0.1, 0.15) is 0 Å². The smallest absolute Gasteiger partial charge is 0.223 e. The fourth-order valence-electron chi connectivity index (χ4n) is 3.37. The van der Waals surface area contributed by atoms with E-state index in [0.717, 1.165) is 36.9 Å². The monoisotopic (exact) mass is 351 g/mol. The summed E-state index contributed by atoms with van der Waals surface area (Å²) in [7, 11) is 0. The summed E-state index contributed by atoms with van der Waals surface area (Å²) in [5, 5.41) is 5.97. The highest BCUT2D eigenvalue weighted by Gasteiger charge is 2.29. The van der Waals surface area contributed by atoms with Crippen LogP contribution in [0.25, 0.3) is 0 Å². The second kappa shape index (κ2) is 9.13. The molecule has 26 heavy (non-hydrogen) atoms. The molecular formula is C21H25N3O2. The SMILES string of the molecule is O=C(NCc1ccccc1)C1CCC(C(=O)NCc2ccccn2)CC1. The quantitative estimate of drug-likeness (QED) is 0.841. The minimum atomic E-state index is -0.00288. The van der Waals surface area contributed by atoms with Crippen LogP contribution in [0.5, 0.6) is 0 Å². The topological polar surface area (TPSA) is 71.1 Å². The maximum atomic E-state index is 12.3. The highest BCUT2D eigenvalue weighted by molar-refractivity contribution is 5.81. The van der Waals surface area contributed by atoms with Crippen LogP contribution >= 0.6 is 0 Å². The molecule has 5 heteroatoms. The lowest BCUT2D eigenvalue weighted by atomic mass is 9.81. The largest absolute Gasteiger partial charge is 0.352 e. The summed E-state index contributed by atoms with van der Waals surface area (Å²) in [5.74, 6) is 0.176. The Bertz CT molecular complexity index is 647. The van der Waals surface area contributed by atoms with E-state index in [4.69, 9.17) is 0 Å². The van der Waals surface area contributed by atoms with Crippen molar-refractivity contribution in [2.75, 3.05) is 0 Å². The van der Waals surface area contributed by atoms with Crippen LogP contribution in [0, 0.1) is 11.8 Å². The van der Waals surface area contributed by atoms with Gasteiger partial charge in [-0.2, -0.15) is 0 Å². The summed E-state index contributed by atoms with van der Waals surface area (Å²) in [6, 6.07) is 15.6. The highest BCUT2D eigenvalue weighted by Crippen LogP contribution is 2.29. The van der Waals surface area contributed by atoms with Crippen LogP contribution in [0.15, 0.2) is 54.7 Å². The molecule has 2 N–H and O–H groups in total. The Morgan fingerprint density at radius 2 is 1.38 bits per heavy atom. The van der Waals surface area contributed by atoms with E-state index in [1.807, 2.05) is 48.5 Å². The van der Waals surface area contributed by atoms with Gasteiger partial charge in [0.15, 0.2) is 0 Å². The molecule has 1 heterocycles. The number of aromatic nitrogens is 1. The third kappa shape index (κ3) is 5.15. The van der Waals surface area contributed by atoms with E-state index in [9.17, 15) is 9.59 Å². The number of nitrogens with one attached hydrogen (secondary N) is 2. The number of amides is 2. The molecule has 2 aromatic rings. The van der Waals surface area contributed by atoms with Crippen molar-refractivity contribution in [2.24, 2.45) is 11.8 Å². The number of pyridine rings is 1. The van der Waals surface area contributed by atoms with Crippen molar-refractivity contribution in [2.45, 2.75) is 38.8 Å². The zero-order valence-electron chi connectivity index (χ0n) is 14.9. The van der Waals surface area contributed by atoms with Crippen LogP contribution in [0.2, 0.25) is 0 Å². The van der Waals surface area contributed by atoms with Gasteiger partial charge in [0, 0.05) is 24.6 Å². The molecular weight excluding hydrogens is 326 g/mol. The minimum Gasteiger partial charge on any atom is -0.352 e. The van der Waals surface area contributed by atoms with E-state index in [0.29, 0.717) is 13.1 Å². The van der Waals surface area contributed by atoms with Crippen LogP contribution in [0.3, 0.4) is 0 Å². The third-order valence-electron chi connectivity index (χ3n) is 4.95. The molecule has 5 nitrogen and oxygen atoms in total. The first-order valence-corrected chi connectivity index (χ1v) is 9.21. The van der Waals surface area contributed by atoms with E-state index in [-0.39, 0.29) is 23.7 Å². The van der Waals surface area contributed by atoms with Gasteiger partial charge < -0.3 is 10.6 Å². The molecule has 0 bridgehead atoms. The number of benzene rings is 1. The number of hydrogen-bond donors (Lipinski definition) is 2. The van der Waals surface area contributed by atoms with Crippen molar-refractivity contribution in [3.05, 3.63) is 66.0 Å². The third-order valence-corrected chi connectivity index (χ3v) is 4.95. The van der Waals surface area contributed by atoms with Crippen LogP contribution in [0.1, 0.15) is 36.9 Å². The normalized spacial score (nSPS) is 19.5. The minimum absolute atomic E-state index is 0.00288. The van der Waals surface area contributed by atoms with Crippen molar-refractivity contribution in [1.29, 1.82) is 0 Å². The number of nitrogens with zero attached hydrogens (tertiary/aromatic N) is 1. The molecule has 1 aliphatic rings. The van der Waals surface area contributed by atoms with Gasteiger partial charge in [-0.05, 0) is 43.4 Å². The lowest BCUT2D eigenvalue weighted by Crippen LogP contribution is -2.37. The lowest BCUT2D eigenvalue weighted by molar-refractivity contribution is -0.130. The standard InChI is InChI=1S/C21H25N3O2/c25-20(23-14-16-6-2-1-3-7-16)17-9-11-18(12-10-17)21(26)24-15-19-8-4-5-13-22-19/h1-8,13,17-18H,9-12,14-15H2,(H,23,25)(H,24,26). The molecule has 1 aromatic heterocycles. The molecule has 136 valence electrons. The van der Waals surface area contributed by atoms with Gasteiger partial charge in [-0.25, -0.2) is 0 Å². The molecule has 0 atom stereocenters. The Morgan fingerprint density at radius 3 is 1.96 bits per heavy atom. The molecule has 0 unspecified atom stereocenters. The van der Waals surface area contributed by atoms with Gasteiger partial charge in [0.05, 0.1) is 12.2 Å². The number of rotatable bonds is 6. The van der Waals surface area contributed by atoms with E-state index in [1.165, 1.54) is 0 Å². The van der Waals surface area contributed by atoms with E-state index >= 15 is 0 Å². The average Bonchev–Trinajstić information content (AvgIpc) is 2.72. The zero-order valence-corrected chi connectivity index (χ0v) is 14.9. The van der Waals surface area contributed by atoms with Crippen molar-refractivity contribution >= 4 is 11.8 Å². The van der Waals surface area contributed by atoms with Gasteiger partial charge in [-0.15, -0.1) is 0 Å². The molecule has 0 saturated heterocycles. The van der Waals surface area contributed by atoms with Crippen molar-refractivity contribution < 1.29 is 9.59 Å². The Morgan fingerprint density at radius 1 is 0.808 bits per heavy atom. The van der Waals surface area contributed by atoms with Crippen LogP contribution in [0.4, 0.5) is 0 Å². The predicted molar refractivity (Wildman–Crippen MR) is 99.8 cm³/mol. The summed E-state index contributed by atoms with van der Waals surface area (Å²) in [6.45, 7) is 1.02. The second-order valence-electron chi connectivity index (χ2n) is 6.79. The van der Waals surface area contributed by atoms with E-state index in [2.05, 4.69) is 15.6 Å². The molecule has 1 aromatic carbocycles. The summed E-state index contributed by atoms with van der Waals surface area (Å²) in [5.41, 5.74) is 1.96. The van der Waals surface area contributed by atoms with Crippen molar-refractivity contribution in [3.8, 4) is 0 Å². The van der Waals surface area contributed by atoms with Gasteiger partial charge in [0.25, 0.3) is 0 Å². The van der Waals surface area contributed by atoms with Gasteiger partial charge >= 0.3 is 0 Å². The fourth-order valence-corrected chi connectivity index (χ4v) is 3.37. The Hall–Kier alpha value is -2.69. The van der Waals surface area contributed by atoms with Crippen molar-refractivity contribution in [1.82, 2.24) is 15.6 Å². The summed E-state index contributed by atoms with van der Waals surface area (Å²) >= 11 is 0. The van der Waals surface area contributed by atoms with Crippen LogP contribution in [-0.4, -0.2) is 16.8 Å². The maximum Gasteiger partial charge on any atom is 0.223 e. The van der Waals surface area contributed by atoms with Gasteiger partial charge in [0.2, 0.25) is 11.8 Å². The van der Waals surface area contributed by atoms with E-state index < -0.39 is 0 Å². The predicted octanol–water partition coefficient (Wildman–Crippen LogP) is 2.82. The zero-order chi connectivity index (χ0) is 18.2. The molecule has 0 spiro atoms. The molecule has 3 rings (SSSR count). The molecule has 1 saturated carbocycles. The summed E-state index contributed by atoms with van der Waals surface area (Å²) in [4.78, 5) is 28.9. The Labute approximate surface area is 154 Å². The average molecular weight is 351 g/mol. The number of carbonyl (C=O) groups is 2. The summed E-state index contributed by atoms with van der Waals surface area (Å²) < 4.78 is 0. The second-order valence-corrected chi connectivity index (χ2v) is 6.79. The van der Waals surface area contributed by atoms with E-state index in [1.54, 1.807) is 6.20 Å². The first-order valence-electron chi connectivity index (χ1n) is 9.21. The van der Waals surface area contributed by atoms with Gasteiger partial charge in [-0.1, -0.05) is 36.4 Å².